The second kappa shape index (κ2) is 5.78. The number of esters is 1. The van der Waals surface area contributed by atoms with Crippen LogP contribution in [0.5, 0.6) is 0 Å². The number of ether oxygens (including phenoxy) is 1. The fraction of sp³-hybridized carbons (Fsp3) is 0.300. The van der Waals surface area contributed by atoms with Crippen LogP contribution in [0.4, 0.5) is 0 Å². The predicted molar refractivity (Wildman–Crippen MR) is 57.6 cm³/mol. The van der Waals surface area contributed by atoms with E-state index in [0.717, 1.165) is 10.0 Å². The molecule has 0 heterocycles. The first-order chi connectivity index (χ1) is 6.74. The molecule has 0 aliphatic rings. The Balaban J connectivity index is 2.46. The molecule has 0 aliphatic carbocycles. The molecule has 0 bridgehead atoms. The Morgan fingerprint density at radius 1 is 1.43 bits per heavy atom. The number of benzene rings is 1. The summed E-state index contributed by atoms with van der Waals surface area (Å²) in [5.41, 5.74) is 6.17. The first kappa shape index (κ1) is 11.2. The van der Waals surface area contributed by atoms with Crippen LogP contribution in [0.15, 0.2) is 28.7 Å². The van der Waals surface area contributed by atoms with Crippen LogP contribution in [0.25, 0.3) is 0 Å². The van der Waals surface area contributed by atoms with E-state index < -0.39 is 0 Å². The summed E-state index contributed by atoms with van der Waals surface area (Å²) in [6.07, 6.45) is 0.268. The fourth-order valence-corrected chi connectivity index (χ4v) is 1.36. The smallest absolute Gasteiger partial charge is 0.307 e. The van der Waals surface area contributed by atoms with Crippen molar-refractivity contribution in [2.45, 2.75) is 13.0 Å². The lowest BCUT2D eigenvalue weighted by Gasteiger charge is -2.05. The zero-order valence-corrected chi connectivity index (χ0v) is 9.29. The molecule has 1 aromatic rings. The highest BCUT2D eigenvalue weighted by Gasteiger charge is 2.03. The summed E-state index contributed by atoms with van der Waals surface area (Å²) in [4.78, 5) is 11.0. The molecule has 4 heteroatoms. The van der Waals surface area contributed by atoms with Gasteiger partial charge in [0.05, 0.1) is 6.42 Å². The van der Waals surface area contributed by atoms with E-state index in [1.807, 2.05) is 24.3 Å². The zero-order valence-electron chi connectivity index (χ0n) is 7.70. The molecule has 0 spiro atoms. The molecule has 0 fully saturated rings. The van der Waals surface area contributed by atoms with Crippen molar-refractivity contribution in [3.8, 4) is 0 Å². The lowest BCUT2D eigenvalue weighted by atomic mass is 10.2. The van der Waals surface area contributed by atoms with Crippen molar-refractivity contribution in [2.24, 2.45) is 5.73 Å². The largest absolute Gasteiger partial charge is 0.461 e. The molecule has 3 nitrogen and oxygen atoms in total. The molecule has 0 aliphatic heterocycles. The molecule has 76 valence electrons. The van der Waals surface area contributed by atoms with Crippen LogP contribution in [0.1, 0.15) is 12.0 Å². The Labute approximate surface area is 91.4 Å². The second-order valence-corrected chi connectivity index (χ2v) is 3.65. The molecule has 1 rings (SSSR count). The molecule has 1 aromatic carbocycles. The summed E-state index contributed by atoms with van der Waals surface area (Å²) in [5.74, 6) is -0.261. The minimum Gasteiger partial charge on any atom is -0.461 e. The van der Waals surface area contributed by atoms with Crippen LogP contribution in [0.3, 0.4) is 0 Å². The summed E-state index contributed by atoms with van der Waals surface area (Å²) in [6, 6.07) is 7.62. The maximum Gasteiger partial charge on any atom is 0.307 e. The van der Waals surface area contributed by atoms with Crippen LogP contribution in [0.2, 0.25) is 0 Å². The van der Waals surface area contributed by atoms with Crippen molar-refractivity contribution in [1.82, 2.24) is 0 Å². The van der Waals surface area contributed by atoms with E-state index in [1.165, 1.54) is 0 Å². The van der Waals surface area contributed by atoms with E-state index in [-0.39, 0.29) is 12.4 Å². The lowest BCUT2D eigenvalue weighted by Crippen LogP contribution is -2.11. The van der Waals surface area contributed by atoms with E-state index in [0.29, 0.717) is 13.2 Å². The van der Waals surface area contributed by atoms with Crippen molar-refractivity contribution in [3.63, 3.8) is 0 Å². The van der Waals surface area contributed by atoms with Crippen molar-refractivity contribution in [2.75, 3.05) is 6.54 Å². The van der Waals surface area contributed by atoms with E-state index in [9.17, 15) is 4.79 Å². The minimum absolute atomic E-state index is 0.261. The molecule has 0 aromatic heterocycles. The number of nitrogens with two attached hydrogens (primary N) is 1. The summed E-state index contributed by atoms with van der Waals surface area (Å²) >= 11 is 3.37. The zero-order chi connectivity index (χ0) is 10.4. The van der Waals surface area contributed by atoms with Crippen LogP contribution in [-0.2, 0) is 16.1 Å². The Bertz CT molecular complexity index is 315. The van der Waals surface area contributed by atoms with Gasteiger partial charge < -0.3 is 10.5 Å². The molecule has 0 radical (unpaired) electrons. The van der Waals surface area contributed by atoms with Gasteiger partial charge in [-0.15, -0.1) is 0 Å². The quantitative estimate of drug-likeness (QED) is 0.838. The third kappa shape index (κ3) is 3.47. The van der Waals surface area contributed by atoms with Gasteiger partial charge in [0.2, 0.25) is 0 Å². The molecular formula is C10H12BrNO2. The van der Waals surface area contributed by atoms with Gasteiger partial charge in [0.25, 0.3) is 0 Å². The number of hydrogen-bond donors (Lipinski definition) is 1. The molecule has 0 saturated carbocycles. The van der Waals surface area contributed by atoms with Gasteiger partial charge in [0.15, 0.2) is 0 Å². The standard InChI is InChI=1S/C10H12BrNO2/c11-9-4-2-1-3-8(9)7-14-10(13)5-6-12/h1-4H,5-7,12H2. The van der Waals surface area contributed by atoms with Crippen molar-refractivity contribution >= 4 is 21.9 Å². The monoisotopic (exact) mass is 257 g/mol. The Kier molecular flexibility index (Phi) is 4.62. The van der Waals surface area contributed by atoms with Crippen molar-refractivity contribution in [1.29, 1.82) is 0 Å². The van der Waals surface area contributed by atoms with Crippen molar-refractivity contribution < 1.29 is 9.53 Å². The molecule has 0 atom stereocenters. The highest BCUT2D eigenvalue weighted by atomic mass is 79.9. The molecule has 14 heavy (non-hydrogen) atoms. The molecule has 0 saturated heterocycles. The molecule has 0 unspecified atom stereocenters. The van der Waals surface area contributed by atoms with Gasteiger partial charge >= 0.3 is 5.97 Å². The first-order valence-electron chi connectivity index (χ1n) is 4.33. The van der Waals surface area contributed by atoms with E-state index in [4.69, 9.17) is 10.5 Å². The number of hydrogen-bond acceptors (Lipinski definition) is 3. The lowest BCUT2D eigenvalue weighted by molar-refractivity contribution is -0.144. The van der Waals surface area contributed by atoms with E-state index in [1.54, 1.807) is 0 Å². The van der Waals surface area contributed by atoms with Gasteiger partial charge in [-0.2, -0.15) is 0 Å². The van der Waals surface area contributed by atoms with Crippen LogP contribution in [-0.4, -0.2) is 12.5 Å². The average Bonchev–Trinajstić information content (AvgIpc) is 2.17. The van der Waals surface area contributed by atoms with E-state index >= 15 is 0 Å². The summed E-state index contributed by atoms with van der Waals surface area (Å²) < 4.78 is 5.95. The molecular weight excluding hydrogens is 246 g/mol. The topological polar surface area (TPSA) is 52.3 Å². The maximum atomic E-state index is 11.0. The summed E-state index contributed by atoms with van der Waals surface area (Å²) in [7, 11) is 0. The van der Waals surface area contributed by atoms with Gasteiger partial charge in [0.1, 0.15) is 6.61 Å². The predicted octanol–water partition coefficient (Wildman–Crippen LogP) is 1.84. The third-order valence-electron chi connectivity index (χ3n) is 1.69. The summed E-state index contributed by atoms with van der Waals surface area (Å²) in [5, 5.41) is 0. The first-order valence-corrected chi connectivity index (χ1v) is 5.12. The van der Waals surface area contributed by atoms with Crippen molar-refractivity contribution in [3.05, 3.63) is 34.3 Å². The molecule has 2 N–H and O–H groups in total. The minimum atomic E-state index is -0.261. The van der Waals surface area contributed by atoms with Gasteiger partial charge in [0, 0.05) is 16.6 Å². The third-order valence-corrected chi connectivity index (χ3v) is 2.47. The van der Waals surface area contributed by atoms with Gasteiger partial charge in [-0.05, 0) is 6.07 Å². The van der Waals surface area contributed by atoms with Crippen LogP contribution < -0.4 is 5.73 Å². The van der Waals surface area contributed by atoms with Crippen LogP contribution >= 0.6 is 15.9 Å². The number of carbonyl (C=O) groups is 1. The summed E-state index contributed by atoms with van der Waals surface area (Å²) in [6.45, 7) is 0.620. The number of halogens is 1. The Morgan fingerprint density at radius 2 is 2.14 bits per heavy atom. The van der Waals surface area contributed by atoms with E-state index in [2.05, 4.69) is 15.9 Å². The van der Waals surface area contributed by atoms with Gasteiger partial charge in [-0.1, -0.05) is 34.1 Å². The maximum absolute atomic E-state index is 11.0. The second-order valence-electron chi connectivity index (χ2n) is 2.79. The average molecular weight is 258 g/mol. The van der Waals surface area contributed by atoms with Gasteiger partial charge in [-0.25, -0.2) is 0 Å². The highest BCUT2D eigenvalue weighted by Crippen LogP contribution is 2.16. The number of carbonyl (C=O) groups excluding carboxylic acids is 1. The number of rotatable bonds is 4. The molecule has 0 amide bonds. The van der Waals surface area contributed by atoms with Gasteiger partial charge in [-0.3, -0.25) is 4.79 Å². The fourth-order valence-electron chi connectivity index (χ4n) is 0.964. The SMILES string of the molecule is NCCC(=O)OCc1ccccc1Br. The normalized spacial score (nSPS) is 9.86. The highest BCUT2D eigenvalue weighted by molar-refractivity contribution is 9.10. The Hall–Kier alpha value is -0.870. The van der Waals surface area contributed by atoms with Crippen LogP contribution in [0, 0.1) is 0 Å². The Morgan fingerprint density at radius 3 is 2.79 bits per heavy atom.